The van der Waals surface area contributed by atoms with Gasteiger partial charge in [-0.1, -0.05) is 39.5 Å². The van der Waals surface area contributed by atoms with Crippen LogP contribution in [-0.2, 0) is 0 Å². The highest BCUT2D eigenvalue weighted by Gasteiger charge is 2.49. The van der Waals surface area contributed by atoms with E-state index in [0.29, 0.717) is 5.41 Å². The summed E-state index contributed by atoms with van der Waals surface area (Å²) >= 11 is 0. The summed E-state index contributed by atoms with van der Waals surface area (Å²) < 4.78 is 0. The van der Waals surface area contributed by atoms with Crippen LogP contribution in [0, 0.1) is 5.41 Å². The minimum atomic E-state index is -0.590. The Hall–Kier alpha value is -0.0800. The Balaban J connectivity index is 2.09. The number of aliphatic hydroxyl groups is 1. The molecule has 0 heterocycles. The lowest BCUT2D eigenvalue weighted by Crippen LogP contribution is -2.62. The van der Waals surface area contributed by atoms with Gasteiger partial charge in [-0.3, -0.25) is 0 Å². The SMILES string of the molecule is CC1(C)CCC(O)(C2(N)CCCCCC2)CC1. The average molecular weight is 239 g/mol. The van der Waals surface area contributed by atoms with Crippen molar-refractivity contribution in [3.05, 3.63) is 0 Å². The van der Waals surface area contributed by atoms with E-state index in [1.54, 1.807) is 0 Å². The van der Waals surface area contributed by atoms with Crippen LogP contribution in [0.4, 0.5) is 0 Å². The maximum atomic E-state index is 11.0. The second-order valence-corrected chi connectivity index (χ2v) is 7.27. The molecule has 2 saturated carbocycles. The molecule has 2 aliphatic carbocycles. The predicted molar refractivity (Wildman–Crippen MR) is 71.8 cm³/mol. The summed E-state index contributed by atoms with van der Waals surface area (Å²) in [5.41, 5.74) is 6.11. The molecule has 2 fully saturated rings. The molecule has 0 bridgehead atoms. The molecule has 2 heteroatoms. The molecule has 0 spiro atoms. The van der Waals surface area contributed by atoms with Gasteiger partial charge < -0.3 is 10.8 Å². The summed E-state index contributed by atoms with van der Waals surface area (Å²) in [5.74, 6) is 0. The van der Waals surface area contributed by atoms with Gasteiger partial charge in [-0.2, -0.15) is 0 Å². The van der Waals surface area contributed by atoms with Crippen molar-refractivity contribution in [3.63, 3.8) is 0 Å². The zero-order valence-electron chi connectivity index (χ0n) is 11.6. The van der Waals surface area contributed by atoms with Crippen molar-refractivity contribution in [3.8, 4) is 0 Å². The van der Waals surface area contributed by atoms with Crippen LogP contribution in [0.3, 0.4) is 0 Å². The van der Waals surface area contributed by atoms with Gasteiger partial charge in [-0.15, -0.1) is 0 Å². The summed E-state index contributed by atoms with van der Waals surface area (Å²) in [5, 5.41) is 11.0. The van der Waals surface area contributed by atoms with Gasteiger partial charge in [-0.05, 0) is 43.9 Å². The van der Waals surface area contributed by atoms with E-state index < -0.39 is 5.60 Å². The lowest BCUT2D eigenvalue weighted by molar-refractivity contribution is -0.0898. The third-order valence-electron chi connectivity index (χ3n) is 5.35. The number of hydrogen-bond acceptors (Lipinski definition) is 2. The Bertz CT molecular complexity index is 254. The average Bonchev–Trinajstić information content (AvgIpc) is 2.49. The van der Waals surface area contributed by atoms with Crippen LogP contribution in [0.1, 0.15) is 78.1 Å². The second kappa shape index (κ2) is 4.55. The Morgan fingerprint density at radius 2 is 1.24 bits per heavy atom. The summed E-state index contributed by atoms with van der Waals surface area (Å²) in [7, 11) is 0. The Kier molecular flexibility index (Phi) is 3.57. The molecule has 3 N–H and O–H groups in total. The van der Waals surface area contributed by atoms with Crippen LogP contribution >= 0.6 is 0 Å². The van der Waals surface area contributed by atoms with E-state index in [1.807, 2.05) is 0 Å². The van der Waals surface area contributed by atoms with E-state index in [4.69, 9.17) is 5.73 Å². The minimum Gasteiger partial charge on any atom is -0.388 e. The van der Waals surface area contributed by atoms with Gasteiger partial charge in [0.05, 0.1) is 5.60 Å². The molecule has 2 nitrogen and oxygen atoms in total. The Labute approximate surface area is 106 Å². The number of nitrogens with two attached hydrogens (primary N) is 1. The molecule has 0 atom stereocenters. The van der Waals surface area contributed by atoms with E-state index >= 15 is 0 Å². The van der Waals surface area contributed by atoms with Crippen molar-refractivity contribution in [2.75, 3.05) is 0 Å². The van der Waals surface area contributed by atoms with Gasteiger partial charge in [0.2, 0.25) is 0 Å². The molecular formula is C15H29NO. The first-order valence-electron chi connectivity index (χ1n) is 7.38. The van der Waals surface area contributed by atoms with Crippen LogP contribution in [-0.4, -0.2) is 16.2 Å². The molecule has 0 aliphatic heterocycles. The van der Waals surface area contributed by atoms with Crippen molar-refractivity contribution in [2.24, 2.45) is 11.1 Å². The minimum absolute atomic E-state index is 0.306. The Morgan fingerprint density at radius 1 is 0.765 bits per heavy atom. The highest BCUT2D eigenvalue weighted by molar-refractivity contribution is 5.06. The smallest absolute Gasteiger partial charge is 0.0826 e. The second-order valence-electron chi connectivity index (χ2n) is 7.27. The molecule has 0 aromatic heterocycles. The summed E-state index contributed by atoms with van der Waals surface area (Å²) in [6.07, 6.45) is 11.0. The summed E-state index contributed by atoms with van der Waals surface area (Å²) in [4.78, 5) is 0. The monoisotopic (exact) mass is 239 g/mol. The zero-order valence-corrected chi connectivity index (χ0v) is 11.6. The summed E-state index contributed by atoms with van der Waals surface area (Å²) in [6.45, 7) is 4.62. The van der Waals surface area contributed by atoms with Crippen molar-refractivity contribution in [1.29, 1.82) is 0 Å². The maximum absolute atomic E-state index is 11.0. The largest absolute Gasteiger partial charge is 0.388 e. The normalized spacial score (nSPS) is 31.8. The van der Waals surface area contributed by atoms with E-state index in [2.05, 4.69) is 13.8 Å². The van der Waals surface area contributed by atoms with Gasteiger partial charge in [0.1, 0.15) is 0 Å². The molecular weight excluding hydrogens is 210 g/mol. The van der Waals surface area contributed by atoms with Gasteiger partial charge in [0.25, 0.3) is 0 Å². The van der Waals surface area contributed by atoms with Crippen LogP contribution < -0.4 is 5.73 Å². The van der Waals surface area contributed by atoms with Crippen molar-refractivity contribution < 1.29 is 5.11 Å². The molecule has 0 saturated heterocycles. The highest BCUT2D eigenvalue weighted by atomic mass is 16.3. The lowest BCUT2D eigenvalue weighted by atomic mass is 9.62. The van der Waals surface area contributed by atoms with E-state index in [1.165, 1.54) is 25.7 Å². The van der Waals surface area contributed by atoms with Gasteiger partial charge >= 0.3 is 0 Å². The maximum Gasteiger partial charge on any atom is 0.0826 e. The third kappa shape index (κ3) is 2.68. The topological polar surface area (TPSA) is 46.2 Å². The molecule has 0 aromatic rings. The van der Waals surface area contributed by atoms with Crippen molar-refractivity contribution >= 4 is 0 Å². The fourth-order valence-electron chi connectivity index (χ4n) is 3.66. The van der Waals surface area contributed by atoms with Crippen molar-refractivity contribution in [1.82, 2.24) is 0 Å². The quantitative estimate of drug-likeness (QED) is 0.689. The first-order valence-corrected chi connectivity index (χ1v) is 7.38. The molecule has 2 rings (SSSR count). The lowest BCUT2D eigenvalue weighted by Gasteiger charge is -2.50. The van der Waals surface area contributed by atoms with Gasteiger partial charge in [0, 0.05) is 5.54 Å². The number of rotatable bonds is 1. The van der Waals surface area contributed by atoms with Gasteiger partial charge in [-0.25, -0.2) is 0 Å². The number of hydrogen-bond donors (Lipinski definition) is 2. The fraction of sp³-hybridized carbons (Fsp3) is 1.00. The van der Waals surface area contributed by atoms with Crippen LogP contribution in [0.25, 0.3) is 0 Å². The fourth-order valence-corrected chi connectivity index (χ4v) is 3.66. The summed E-state index contributed by atoms with van der Waals surface area (Å²) in [6, 6.07) is 0. The molecule has 2 aliphatic rings. The molecule has 0 radical (unpaired) electrons. The third-order valence-corrected chi connectivity index (χ3v) is 5.35. The van der Waals surface area contributed by atoms with Crippen LogP contribution in [0.15, 0.2) is 0 Å². The molecule has 100 valence electrons. The molecule has 0 amide bonds. The Morgan fingerprint density at radius 3 is 1.71 bits per heavy atom. The van der Waals surface area contributed by atoms with E-state index in [9.17, 15) is 5.11 Å². The van der Waals surface area contributed by atoms with Crippen LogP contribution in [0.5, 0.6) is 0 Å². The predicted octanol–water partition coefficient (Wildman–Crippen LogP) is 3.37. The standard InChI is InChI=1S/C15H29NO/c1-13(2)9-11-15(17,12-10-13)14(16)7-5-3-4-6-8-14/h17H,3-12,16H2,1-2H3. The first kappa shape index (κ1) is 13.4. The highest BCUT2D eigenvalue weighted by Crippen LogP contribution is 2.47. The van der Waals surface area contributed by atoms with Crippen molar-refractivity contribution in [2.45, 2.75) is 89.2 Å². The van der Waals surface area contributed by atoms with E-state index in [0.717, 1.165) is 38.5 Å². The molecule has 0 aromatic carbocycles. The molecule has 0 unspecified atom stereocenters. The first-order chi connectivity index (χ1) is 7.87. The van der Waals surface area contributed by atoms with E-state index in [-0.39, 0.29) is 5.54 Å². The molecule has 17 heavy (non-hydrogen) atoms. The van der Waals surface area contributed by atoms with Crippen LogP contribution in [0.2, 0.25) is 0 Å². The zero-order chi connectivity index (χ0) is 12.6. The van der Waals surface area contributed by atoms with Gasteiger partial charge in [0.15, 0.2) is 0 Å².